The van der Waals surface area contributed by atoms with Crippen LogP contribution in [0.25, 0.3) is 11.3 Å². The van der Waals surface area contributed by atoms with E-state index >= 15 is 0 Å². The van der Waals surface area contributed by atoms with Crippen LogP contribution in [-0.4, -0.2) is 38.7 Å². The summed E-state index contributed by atoms with van der Waals surface area (Å²) in [6.45, 7) is -0.166. The normalized spacial score (nSPS) is 14.6. The molecule has 0 bridgehead atoms. The molecule has 1 aliphatic rings. The van der Waals surface area contributed by atoms with E-state index < -0.39 is 11.9 Å². The number of anilines is 5. The first-order valence-electron chi connectivity index (χ1n) is 10.4. The molecule has 1 amide bonds. The summed E-state index contributed by atoms with van der Waals surface area (Å²) in [6.07, 6.45) is 3.44. The largest absolute Gasteiger partial charge is 0.478 e. The number of hydrogen-bond donors (Lipinski definition) is 4. The molecule has 5 rings (SSSR count). The van der Waals surface area contributed by atoms with E-state index in [1.807, 2.05) is 24.3 Å². The molecule has 2 aromatic carbocycles. The fourth-order valence-corrected chi connectivity index (χ4v) is 3.42. The first kappa shape index (κ1) is 21.3. The predicted molar refractivity (Wildman–Crippen MR) is 122 cm³/mol. The number of carbonyl (C=O) groups excluding carboxylic acids is 1. The van der Waals surface area contributed by atoms with Gasteiger partial charge in [0, 0.05) is 30.0 Å². The lowest BCUT2D eigenvalue weighted by Gasteiger charge is -2.25. The van der Waals surface area contributed by atoms with Crippen LogP contribution in [0, 0.1) is 5.82 Å². The number of fused-ring (bicyclic) bond motifs is 1. The van der Waals surface area contributed by atoms with E-state index in [2.05, 4.69) is 30.9 Å². The first-order valence-corrected chi connectivity index (χ1v) is 10.4. The second-order valence-corrected chi connectivity index (χ2v) is 7.41. The number of benzene rings is 2. The Morgan fingerprint density at radius 3 is 2.82 bits per heavy atom. The molecule has 34 heavy (non-hydrogen) atoms. The van der Waals surface area contributed by atoms with Crippen LogP contribution in [0.3, 0.4) is 0 Å². The van der Waals surface area contributed by atoms with E-state index in [4.69, 9.17) is 14.3 Å². The van der Waals surface area contributed by atoms with Crippen LogP contribution in [0.4, 0.5) is 33.2 Å². The Labute approximate surface area is 192 Å². The SMILES string of the molecule is O=C1Nc2cc(Nc3nc(Nc4cccc(-c5cnco5)c4)ncc3F)ccc2OC1CCO. The molecular weight excluding hydrogens is 443 g/mol. The Balaban J connectivity index is 1.34. The number of aromatic nitrogens is 3. The van der Waals surface area contributed by atoms with Crippen molar-refractivity contribution in [1.82, 2.24) is 15.0 Å². The summed E-state index contributed by atoms with van der Waals surface area (Å²) < 4.78 is 25.4. The topological polar surface area (TPSA) is 134 Å². The van der Waals surface area contributed by atoms with Gasteiger partial charge in [-0.15, -0.1) is 0 Å². The number of oxazole rings is 1. The molecule has 0 aliphatic carbocycles. The van der Waals surface area contributed by atoms with Gasteiger partial charge in [0.25, 0.3) is 5.91 Å². The van der Waals surface area contributed by atoms with Crippen molar-refractivity contribution in [1.29, 1.82) is 0 Å². The fraction of sp³-hybridized carbons (Fsp3) is 0.130. The van der Waals surface area contributed by atoms with Crippen LogP contribution in [-0.2, 0) is 4.79 Å². The molecule has 1 atom stereocenters. The number of amides is 1. The van der Waals surface area contributed by atoms with Gasteiger partial charge in [-0.3, -0.25) is 4.79 Å². The Morgan fingerprint density at radius 2 is 2.00 bits per heavy atom. The Hall–Kier alpha value is -4.51. The van der Waals surface area contributed by atoms with E-state index in [1.165, 1.54) is 6.39 Å². The van der Waals surface area contributed by atoms with E-state index in [0.29, 0.717) is 28.6 Å². The smallest absolute Gasteiger partial charge is 0.265 e. The summed E-state index contributed by atoms with van der Waals surface area (Å²) in [7, 11) is 0. The summed E-state index contributed by atoms with van der Waals surface area (Å²) >= 11 is 0. The summed E-state index contributed by atoms with van der Waals surface area (Å²) in [5, 5.41) is 17.7. The Kier molecular flexibility index (Phi) is 5.75. The van der Waals surface area contributed by atoms with Gasteiger partial charge in [0.05, 0.1) is 18.1 Å². The first-order chi connectivity index (χ1) is 16.6. The van der Waals surface area contributed by atoms with Crippen molar-refractivity contribution in [2.24, 2.45) is 0 Å². The number of halogens is 1. The summed E-state index contributed by atoms with van der Waals surface area (Å²) in [6, 6.07) is 12.3. The van der Waals surface area contributed by atoms with Crippen LogP contribution in [0.1, 0.15) is 6.42 Å². The molecule has 0 saturated carbocycles. The number of hydrogen-bond acceptors (Lipinski definition) is 9. The van der Waals surface area contributed by atoms with Gasteiger partial charge in [0.15, 0.2) is 29.9 Å². The van der Waals surface area contributed by atoms with E-state index in [9.17, 15) is 9.18 Å². The monoisotopic (exact) mass is 462 g/mol. The molecule has 11 heteroatoms. The zero-order chi connectivity index (χ0) is 23.5. The van der Waals surface area contributed by atoms with Crippen molar-refractivity contribution in [3.8, 4) is 17.1 Å². The summed E-state index contributed by atoms with van der Waals surface area (Å²) in [5.41, 5.74) is 2.40. The third-order valence-corrected chi connectivity index (χ3v) is 5.03. The van der Waals surface area contributed by atoms with Gasteiger partial charge in [0.1, 0.15) is 5.75 Å². The van der Waals surface area contributed by atoms with E-state index in [-0.39, 0.29) is 30.7 Å². The molecule has 0 saturated heterocycles. The van der Waals surface area contributed by atoms with Crippen molar-refractivity contribution in [2.75, 3.05) is 22.6 Å². The number of rotatable bonds is 7. The number of nitrogens with one attached hydrogen (secondary N) is 3. The molecule has 10 nitrogen and oxygen atoms in total. The summed E-state index contributed by atoms with van der Waals surface area (Å²) in [5.74, 6) is 0.191. The molecule has 172 valence electrons. The molecule has 2 aromatic heterocycles. The van der Waals surface area contributed by atoms with Gasteiger partial charge < -0.3 is 30.2 Å². The molecule has 4 N–H and O–H groups in total. The highest BCUT2D eigenvalue weighted by Gasteiger charge is 2.27. The second kappa shape index (κ2) is 9.16. The maximum absolute atomic E-state index is 14.4. The summed E-state index contributed by atoms with van der Waals surface area (Å²) in [4.78, 5) is 24.3. The lowest BCUT2D eigenvalue weighted by atomic mass is 10.1. The fourth-order valence-electron chi connectivity index (χ4n) is 3.42. The zero-order valence-corrected chi connectivity index (χ0v) is 17.7. The van der Waals surface area contributed by atoms with Gasteiger partial charge >= 0.3 is 0 Å². The molecular formula is C23H19FN6O4. The maximum atomic E-state index is 14.4. The minimum Gasteiger partial charge on any atom is -0.478 e. The highest BCUT2D eigenvalue weighted by Crippen LogP contribution is 2.34. The van der Waals surface area contributed by atoms with E-state index in [0.717, 1.165) is 11.8 Å². The molecule has 0 spiro atoms. The van der Waals surface area contributed by atoms with Gasteiger partial charge in [0.2, 0.25) is 5.95 Å². The lowest BCUT2D eigenvalue weighted by molar-refractivity contribution is -0.124. The quantitative estimate of drug-likeness (QED) is 0.323. The third-order valence-electron chi connectivity index (χ3n) is 5.03. The molecule has 0 radical (unpaired) electrons. The average Bonchev–Trinajstić information content (AvgIpc) is 3.37. The van der Waals surface area contributed by atoms with Crippen LogP contribution >= 0.6 is 0 Å². The van der Waals surface area contributed by atoms with Gasteiger partial charge in [-0.2, -0.15) is 4.98 Å². The van der Waals surface area contributed by atoms with Gasteiger partial charge in [-0.1, -0.05) is 12.1 Å². The van der Waals surface area contributed by atoms with Crippen LogP contribution in [0.15, 0.2) is 65.7 Å². The second-order valence-electron chi connectivity index (χ2n) is 7.41. The Bertz CT molecular complexity index is 1330. The number of carbonyl (C=O) groups is 1. The highest BCUT2D eigenvalue weighted by molar-refractivity contribution is 5.98. The van der Waals surface area contributed by atoms with Crippen molar-refractivity contribution in [2.45, 2.75) is 12.5 Å². The average molecular weight is 462 g/mol. The number of nitrogens with zero attached hydrogens (tertiary/aromatic N) is 3. The highest BCUT2D eigenvalue weighted by atomic mass is 19.1. The molecule has 3 heterocycles. The molecule has 4 aromatic rings. The van der Waals surface area contributed by atoms with Gasteiger partial charge in [-0.25, -0.2) is 14.4 Å². The standard InChI is InChI=1S/C23H19FN6O4/c24-16-10-26-23(28-14-3-1-2-13(8-14)20-11-25-12-33-20)30-21(16)27-15-4-5-18-17(9-15)29-22(32)19(34-18)6-7-31/h1-5,8-12,19,31H,6-7H2,(H,29,32)(H2,26,27,28,30). The van der Waals surface area contributed by atoms with Crippen LogP contribution in [0.5, 0.6) is 5.75 Å². The maximum Gasteiger partial charge on any atom is 0.265 e. The van der Waals surface area contributed by atoms with Gasteiger partial charge in [-0.05, 0) is 30.3 Å². The third kappa shape index (κ3) is 4.50. The molecule has 1 unspecified atom stereocenters. The minimum absolute atomic E-state index is 0.0509. The van der Waals surface area contributed by atoms with Crippen molar-refractivity contribution in [3.63, 3.8) is 0 Å². The van der Waals surface area contributed by atoms with Crippen LogP contribution < -0.4 is 20.7 Å². The lowest BCUT2D eigenvalue weighted by Crippen LogP contribution is -2.37. The van der Waals surface area contributed by atoms with Crippen molar-refractivity contribution in [3.05, 3.63) is 67.1 Å². The number of aliphatic hydroxyl groups excluding tert-OH is 1. The zero-order valence-electron chi connectivity index (χ0n) is 17.7. The Morgan fingerprint density at radius 1 is 1.12 bits per heavy atom. The van der Waals surface area contributed by atoms with Crippen molar-refractivity contribution >= 4 is 34.7 Å². The number of ether oxygens (including phenoxy) is 1. The van der Waals surface area contributed by atoms with Crippen molar-refractivity contribution < 1.29 is 23.4 Å². The predicted octanol–water partition coefficient (Wildman–Crippen LogP) is 3.84. The van der Waals surface area contributed by atoms with E-state index in [1.54, 1.807) is 24.4 Å². The molecule has 0 fully saturated rings. The minimum atomic E-state index is -0.758. The molecule has 1 aliphatic heterocycles. The van der Waals surface area contributed by atoms with Crippen LogP contribution in [0.2, 0.25) is 0 Å². The number of aliphatic hydroxyl groups is 1.